The van der Waals surface area contributed by atoms with Crippen molar-refractivity contribution in [3.05, 3.63) is 16.4 Å². The number of hydrogen-bond acceptors (Lipinski definition) is 2. The second-order valence-corrected chi connectivity index (χ2v) is 4.59. The molecular weight excluding hydrogens is 212 g/mol. The first kappa shape index (κ1) is 10.7. The second-order valence-electron chi connectivity index (χ2n) is 4.21. The lowest BCUT2D eigenvalue weighted by Crippen LogP contribution is -2.05. The number of Topliss-reactive ketones (excluding diaryl/α,β-unsaturated/α-hetero) is 1. The van der Waals surface area contributed by atoms with Crippen LogP contribution in [0.25, 0.3) is 0 Å². The third kappa shape index (κ3) is 2.23. The molecule has 0 radical (unpaired) electrons. The summed E-state index contributed by atoms with van der Waals surface area (Å²) < 4.78 is 1.78. The summed E-state index contributed by atoms with van der Waals surface area (Å²) in [6.45, 7) is 1.88. The quantitative estimate of drug-likeness (QED) is 0.790. The van der Waals surface area contributed by atoms with E-state index in [1.54, 1.807) is 4.68 Å². The lowest BCUT2D eigenvalue weighted by atomic mass is 10.1. The number of rotatable bonds is 4. The molecule has 0 amide bonds. The van der Waals surface area contributed by atoms with E-state index in [1.165, 1.54) is 0 Å². The van der Waals surface area contributed by atoms with Crippen molar-refractivity contribution in [1.82, 2.24) is 9.78 Å². The van der Waals surface area contributed by atoms with Crippen molar-refractivity contribution in [3.8, 4) is 0 Å². The van der Waals surface area contributed by atoms with Gasteiger partial charge in [-0.15, -0.1) is 0 Å². The summed E-state index contributed by atoms with van der Waals surface area (Å²) in [6.07, 6.45) is 3.48. The van der Waals surface area contributed by atoms with E-state index < -0.39 is 0 Å². The Balaban J connectivity index is 2.00. The van der Waals surface area contributed by atoms with Crippen molar-refractivity contribution in [1.29, 1.82) is 0 Å². The number of ketones is 1. The highest BCUT2D eigenvalue weighted by molar-refractivity contribution is 6.31. The molecule has 0 N–H and O–H groups in total. The number of nitrogens with zero attached hydrogens (tertiary/aromatic N) is 2. The molecule has 1 fully saturated rings. The first-order chi connectivity index (χ1) is 7.09. The van der Waals surface area contributed by atoms with Crippen LogP contribution in [0.1, 0.15) is 30.7 Å². The monoisotopic (exact) mass is 226 g/mol. The maximum absolute atomic E-state index is 11.5. The van der Waals surface area contributed by atoms with Crippen molar-refractivity contribution in [3.63, 3.8) is 0 Å². The van der Waals surface area contributed by atoms with Crippen LogP contribution in [0.5, 0.6) is 0 Å². The minimum absolute atomic E-state index is 0.345. The molecule has 0 atom stereocenters. The number of aromatic nitrogens is 2. The van der Waals surface area contributed by atoms with E-state index in [-0.39, 0.29) is 0 Å². The van der Waals surface area contributed by atoms with E-state index in [0.29, 0.717) is 29.6 Å². The highest BCUT2D eigenvalue weighted by Crippen LogP contribution is 2.31. The molecule has 0 saturated heterocycles. The molecule has 3 nitrogen and oxygen atoms in total. The van der Waals surface area contributed by atoms with Gasteiger partial charge in [-0.3, -0.25) is 9.48 Å². The Hall–Kier alpha value is -0.830. The largest absolute Gasteiger partial charge is 0.299 e. The number of carbonyl (C=O) groups excluding carboxylic acids is 1. The van der Waals surface area contributed by atoms with E-state index in [2.05, 4.69) is 5.10 Å². The average Bonchev–Trinajstić information content (AvgIpc) is 2.96. The Morgan fingerprint density at radius 2 is 2.27 bits per heavy atom. The summed E-state index contributed by atoms with van der Waals surface area (Å²) in [5.41, 5.74) is 1.82. The van der Waals surface area contributed by atoms with Gasteiger partial charge < -0.3 is 0 Å². The first-order valence-corrected chi connectivity index (χ1v) is 5.68. The van der Waals surface area contributed by atoms with Crippen LogP contribution in [-0.2, 0) is 18.3 Å². The highest BCUT2D eigenvalue weighted by atomic mass is 35.5. The highest BCUT2D eigenvalue weighted by Gasteiger charge is 2.29. The molecule has 4 heteroatoms. The molecule has 0 spiro atoms. The van der Waals surface area contributed by atoms with Crippen molar-refractivity contribution in [2.24, 2.45) is 13.0 Å². The Morgan fingerprint density at radius 1 is 1.60 bits per heavy atom. The molecule has 0 unspecified atom stereocenters. The van der Waals surface area contributed by atoms with Crippen molar-refractivity contribution in [2.45, 2.75) is 32.6 Å². The van der Waals surface area contributed by atoms with Crippen LogP contribution in [0.3, 0.4) is 0 Å². The Kier molecular flexibility index (Phi) is 2.83. The summed E-state index contributed by atoms with van der Waals surface area (Å²) in [5.74, 6) is 0.725. The molecule has 1 aromatic heterocycles. The van der Waals surface area contributed by atoms with Gasteiger partial charge in [0.05, 0.1) is 16.4 Å². The van der Waals surface area contributed by atoms with Crippen molar-refractivity contribution < 1.29 is 4.79 Å². The van der Waals surface area contributed by atoms with E-state index >= 15 is 0 Å². The summed E-state index contributed by atoms with van der Waals surface area (Å²) in [5, 5.41) is 4.93. The fourth-order valence-corrected chi connectivity index (χ4v) is 2.06. The number of carbonyl (C=O) groups is 1. The minimum Gasteiger partial charge on any atom is -0.299 e. The zero-order valence-corrected chi connectivity index (χ0v) is 9.84. The zero-order valence-electron chi connectivity index (χ0n) is 9.09. The Labute approximate surface area is 94.4 Å². The molecular formula is C11H15ClN2O. The second kappa shape index (κ2) is 3.97. The van der Waals surface area contributed by atoms with Gasteiger partial charge in [0.15, 0.2) is 0 Å². The summed E-state index contributed by atoms with van der Waals surface area (Å²) in [4.78, 5) is 11.5. The van der Waals surface area contributed by atoms with E-state index in [9.17, 15) is 4.79 Å². The van der Waals surface area contributed by atoms with E-state index in [4.69, 9.17) is 11.6 Å². The van der Waals surface area contributed by atoms with Gasteiger partial charge in [0, 0.05) is 19.4 Å². The van der Waals surface area contributed by atoms with Gasteiger partial charge in [-0.25, -0.2) is 0 Å². The standard InChI is InChI=1S/C11H15ClN2O/c1-7-11(12)9(14(2)13-7)5-6-10(15)8-3-4-8/h8H,3-6H2,1-2H3. The topological polar surface area (TPSA) is 34.9 Å². The SMILES string of the molecule is Cc1nn(C)c(CCC(=O)C2CC2)c1Cl. The molecule has 1 saturated carbocycles. The summed E-state index contributed by atoms with van der Waals surface area (Å²) in [7, 11) is 1.87. The maximum atomic E-state index is 11.5. The molecule has 0 bridgehead atoms. The van der Waals surface area contributed by atoms with Crippen LogP contribution < -0.4 is 0 Å². The molecule has 1 aromatic rings. The smallest absolute Gasteiger partial charge is 0.136 e. The molecule has 0 aliphatic heterocycles. The van der Waals surface area contributed by atoms with Crippen LogP contribution in [0.2, 0.25) is 5.02 Å². The first-order valence-electron chi connectivity index (χ1n) is 5.30. The number of halogens is 1. The van der Waals surface area contributed by atoms with Gasteiger partial charge in [0.1, 0.15) is 5.78 Å². The summed E-state index contributed by atoms with van der Waals surface area (Å²) >= 11 is 6.10. The number of hydrogen-bond donors (Lipinski definition) is 0. The van der Waals surface area contributed by atoms with Crippen LogP contribution in [0, 0.1) is 12.8 Å². The molecule has 1 aliphatic rings. The Morgan fingerprint density at radius 3 is 2.73 bits per heavy atom. The van der Waals surface area contributed by atoms with Crippen molar-refractivity contribution in [2.75, 3.05) is 0 Å². The molecule has 1 heterocycles. The predicted molar refractivity (Wildman–Crippen MR) is 59.0 cm³/mol. The third-order valence-corrected chi connectivity index (χ3v) is 3.39. The maximum Gasteiger partial charge on any atom is 0.136 e. The lowest BCUT2D eigenvalue weighted by molar-refractivity contribution is -0.120. The normalized spacial score (nSPS) is 15.7. The van der Waals surface area contributed by atoms with Gasteiger partial charge in [-0.05, 0) is 26.2 Å². The van der Waals surface area contributed by atoms with Gasteiger partial charge in [-0.1, -0.05) is 11.6 Å². The number of aryl methyl sites for hydroxylation is 2. The van der Waals surface area contributed by atoms with Gasteiger partial charge in [0.25, 0.3) is 0 Å². The van der Waals surface area contributed by atoms with Crippen LogP contribution >= 0.6 is 11.6 Å². The average molecular weight is 227 g/mol. The van der Waals surface area contributed by atoms with E-state index in [0.717, 1.165) is 24.2 Å². The Bertz CT molecular complexity index is 394. The minimum atomic E-state index is 0.345. The van der Waals surface area contributed by atoms with Crippen LogP contribution in [0.4, 0.5) is 0 Å². The molecule has 1 aliphatic carbocycles. The molecule has 15 heavy (non-hydrogen) atoms. The fourth-order valence-electron chi connectivity index (χ4n) is 1.80. The van der Waals surface area contributed by atoms with Crippen molar-refractivity contribution >= 4 is 17.4 Å². The molecule has 2 rings (SSSR count). The third-order valence-electron chi connectivity index (χ3n) is 2.90. The molecule has 82 valence electrons. The molecule has 0 aromatic carbocycles. The summed E-state index contributed by atoms with van der Waals surface area (Å²) in [6, 6.07) is 0. The van der Waals surface area contributed by atoms with Gasteiger partial charge in [0.2, 0.25) is 0 Å². The van der Waals surface area contributed by atoms with Crippen LogP contribution in [-0.4, -0.2) is 15.6 Å². The lowest BCUT2D eigenvalue weighted by Gasteiger charge is -2.01. The fraction of sp³-hybridized carbons (Fsp3) is 0.636. The zero-order chi connectivity index (χ0) is 11.0. The van der Waals surface area contributed by atoms with Gasteiger partial charge in [-0.2, -0.15) is 5.10 Å². The van der Waals surface area contributed by atoms with Gasteiger partial charge >= 0.3 is 0 Å². The predicted octanol–water partition coefficient (Wildman–Crippen LogP) is 2.29. The van der Waals surface area contributed by atoms with Crippen LogP contribution in [0.15, 0.2) is 0 Å². The van der Waals surface area contributed by atoms with E-state index in [1.807, 2.05) is 14.0 Å².